The molecule has 0 fully saturated rings. The first-order chi connectivity index (χ1) is 12.5. The number of imidazole rings is 1. The van der Waals surface area contributed by atoms with Gasteiger partial charge in [0.25, 0.3) is 11.6 Å². The van der Waals surface area contributed by atoms with Crippen LogP contribution in [-0.2, 0) is 7.05 Å². The smallest absolute Gasteiger partial charge is 0.282 e. The summed E-state index contributed by atoms with van der Waals surface area (Å²) in [7, 11) is 1.72. The number of rotatable bonds is 5. The predicted molar refractivity (Wildman–Crippen MR) is 94.1 cm³/mol. The van der Waals surface area contributed by atoms with Gasteiger partial charge in [-0.2, -0.15) is 0 Å². The Labute approximate surface area is 148 Å². The number of anilines is 1. The summed E-state index contributed by atoms with van der Waals surface area (Å²) in [5, 5.41) is 13.6. The van der Waals surface area contributed by atoms with Crippen LogP contribution in [0.1, 0.15) is 26.5 Å². The molecule has 0 bridgehead atoms. The third-order valence-corrected chi connectivity index (χ3v) is 3.77. The van der Waals surface area contributed by atoms with Crippen LogP contribution >= 0.6 is 0 Å². The fourth-order valence-electron chi connectivity index (χ4n) is 2.44. The van der Waals surface area contributed by atoms with E-state index < -0.39 is 10.8 Å². The molecule has 0 saturated carbocycles. The Morgan fingerprint density at radius 1 is 1.12 bits per heavy atom. The van der Waals surface area contributed by atoms with Crippen molar-refractivity contribution < 1.29 is 14.5 Å². The molecule has 0 aliphatic heterocycles. The molecule has 0 spiro atoms. The molecule has 0 saturated heterocycles. The third kappa shape index (κ3) is 3.34. The molecule has 3 rings (SSSR count). The number of carbonyl (C=O) groups excluding carboxylic acids is 2. The minimum Gasteiger partial charge on any atom is -0.331 e. The van der Waals surface area contributed by atoms with Crippen LogP contribution in [0.2, 0.25) is 0 Å². The van der Waals surface area contributed by atoms with Crippen molar-refractivity contribution in [2.24, 2.45) is 7.05 Å². The summed E-state index contributed by atoms with van der Waals surface area (Å²) in [5.41, 5.74) is 0.532. The van der Waals surface area contributed by atoms with Gasteiger partial charge in [-0.3, -0.25) is 19.7 Å². The number of ketones is 1. The quantitative estimate of drug-likeness (QED) is 0.432. The highest BCUT2D eigenvalue weighted by molar-refractivity contribution is 6.08. The number of aryl methyl sites for hydroxylation is 1. The van der Waals surface area contributed by atoms with Gasteiger partial charge in [0, 0.05) is 36.8 Å². The normalized spacial score (nSPS) is 10.3. The third-order valence-electron chi connectivity index (χ3n) is 3.77. The average molecular weight is 350 g/mol. The molecule has 1 amide bonds. The van der Waals surface area contributed by atoms with E-state index in [0.29, 0.717) is 17.1 Å². The zero-order valence-corrected chi connectivity index (χ0v) is 13.7. The van der Waals surface area contributed by atoms with Gasteiger partial charge in [-0.15, -0.1) is 0 Å². The van der Waals surface area contributed by atoms with Crippen molar-refractivity contribution >= 4 is 23.1 Å². The first-order valence-electron chi connectivity index (χ1n) is 7.64. The van der Waals surface area contributed by atoms with Gasteiger partial charge in [0.05, 0.1) is 4.92 Å². The highest BCUT2D eigenvalue weighted by Gasteiger charge is 2.19. The number of hydrogen-bond donors (Lipinski definition) is 1. The van der Waals surface area contributed by atoms with Gasteiger partial charge in [0.15, 0.2) is 5.82 Å². The maximum absolute atomic E-state index is 12.4. The van der Waals surface area contributed by atoms with Crippen LogP contribution in [0.15, 0.2) is 60.9 Å². The highest BCUT2D eigenvalue weighted by Crippen LogP contribution is 2.20. The number of carbonyl (C=O) groups is 2. The number of para-hydroxylation sites is 1. The minimum absolute atomic E-state index is 0.0364. The Morgan fingerprint density at radius 3 is 2.42 bits per heavy atom. The van der Waals surface area contributed by atoms with E-state index in [1.165, 1.54) is 24.4 Å². The molecule has 0 aliphatic rings. The van der Waals surface area contributed by atoms with Crippen LogP contribution < -0.4 is 5.32 Å². The number of nitrogens with zero attached hydrogens (tertiary/aromatic N) is 3. The number of aromatic nitrogens is 2. The maximum atomic E-state index is 12.4. The lowest BCUT2D eigenvalue weighted by molar-refractivity contribution is -0.385. The number of nitro benzene ring substituents is 1. The molecule has 8 nitrogen and oxygen atoms in total. The number of benzene rings is 2. The van der Waals surface area contributed by atoms with Crippen molar-refractivity contribution in [3.63, 3.8) is 0 Å². The van der Waals surface area contributed by atoms with Crippen LogP contribution in [0.4, 0.5) is 11.4 Å². The number of nitro groups is 1. The average Bonchev–Trinajstić information content (AvgIpc) is 3.07. The monoisotopic (exact) mass is 350 g/mol. The number of nitrogens with one attached hydrogen (secondary N) is 1. The highest BCUT2D eigenvalue weighted by atomic mass is 16.6. The molecule has 8 heteroatoms. The molecule has 2 aromatic carbocycles. The largest absolute Gasteiger partial charge is 0.331 e. The molecular formula is C18H14N4O4. The van der Waals surface area contributed by atoms with Crippen molar-refractivity contribution in [3.8, 4) is 0 Å². The van der Waals surface area contributed by atoms with E-state index in [1.807, 2.05) is 0 Å². The molecular weight excluding hydrogens is 336 g/mol. The SMILES string of the molecule is Cn1ccnc1C(=O)c1ccc(NC(=O)c2ccccc2[N+](=O)[O-])cc1. The summed E-state index contributed by atoms with van der Waals surface area (Å²) in [6, 6.07) is 11.9. The van der Waals surface area contributed by atoms with Gasteiger partial charge in [-0.1, -0.05) is 12.1 Å². The second-order valence-corrected chi connectivity index (χ2v) is 5.50. The van der Waals surface area contributed by atoms with E-state index >= 15 is 0 Å². The van der Waals surface area contributed by atoms with E-state index in [-0.39, 0.29) is 17.0 Å². The van der Waals surface area contributed by atoms with Gasteiger partial charge in [0.1, 0.15) is 5.56 Å². The zero-order valence-electron chi connectivity index (χ0n) is 13.7. The van der Waals surface area contributed by atoms with E-state index in [9.17, 15) is 19.7 Å². The minimum atomic E-state index is -0.608. The summed E-state index contributed by atoms with van der Waals surface area (Å²) in [5.74, 6) is -0.531. The van der Waals surface area contributed by atoms with E-state index in [1.54, 1.807) is 48.1 Å². The van der Waals surface area contributed by atoms with Crippen molar-refractivity contribution in [2.75, 3.05) is 5.32 Å². The lowest BCUT2D eigenvalue weighted by Gasteiger charge is -2.07. The zero-order chi connectivity index (χ0) is 18.7. The topological polar surface area (TPSA) is 107 Å². The van der Waals surface area contributed by atoms with Crippen molar-refractivity contribution in [2.45, 2.75) is 0 Å². The molecule has 130 valence electrons. The lowest BCUT2D eigenvalue weighted by Crippen LogP contribution is -2.14. The Morgan fingerprint density at radius 2 is 1.81 bits per heavy atom. The molecule has 26 heavy (non-hydrogen) atoms. The van der Waals surface area contributed by atoms with Crippen LogP contribution in [0.5, 0.6) is 0 Å². The van der Waals surface area contributed by atoms with Crippen molar-refractivity contribution in [1.29, 1.82) is 0 Å². The van der Waals surface area contributed by atoms with E-state index in [2.05, 4.69) is 10.3 Å². The molecule has 0 aliphatic carbocycles. The Bertz CT molecular complexity index is 992. The Hall–Kier alpha value is -3.81. The van der Waals surface area contributed by atoms with E-state index in [0.717, 1.165) is 0 Å². The van der Waals surface area contributed by atoms with E-state index in [4.69, 9.17) is 0 Å². The molecule has 3 aromatic rings. The molecule has 1 heterocycles. The van der Waals surface area contributed by atoms with Gasteiger partial charge < -0.3 is 9.88 Å². The number of amides is 1. The van der Waals surface area contributed by atoms with Crippen LogP contribution in [0.3, 0.4) is 0 Å². The van der Waals surface area contributed by atoms with Crippen LogP contribution in [0.25, 0.3) is 0 Å². The van der Waals surface area contributed by atoms with Crippen LogP contribution in [-0.4, -0.2) is 26.2 Å². The fourth-order valence-corrected chi connectivity index (χ4v) is 2.44. The Balaban J connectivity index is 1.78. The summed E-state index contributed by atoms with van der Waals surface area (Å²) in [6.45, 7) is 0. The second kappa shape index (κ2) is 6.98. The van der Waals surface area contributed by atoms with Gasteiger partial charge in [-0.05, 0) is 30.3 Å². The van der Waals surface area contributed by atoms with Crippen LogP contribution in [0, 0.1) is 10.1 Å². The lowest BCUT2D eigenvalue weighted by atomic mass is 10.1. The summed E-state index contributed by atoms with van der Waals surface area (Å²) >= 11 is 0. The molecule has 1 N–H and O–H groups in total. The Kier molecular flexibility index (Phi) is 4.57. The predicted octanol–water partition coefficient (Wildman–Crippen LogP) is 2.81. The fraction of sp³-hybridized carbons (Fsp3) is 0.0556. The second-order valence-electron chi connectivity index (χ2n) is 5.50. The maximum Gasteiger partial charge on any atom is 0.282 e. The van der Waals surface area contributed by atoms with Crippen molar-refractivity contribution in [1.82, 2.24) is 9.55 Å². The first kappa shape index (κ1) is 17.0. The molecule has 0 radical (unpaired) electrons. The summed E-state index contributed by atoms with van der Waals surface area (Å²) in [6.07, 6.45) is 3.21. The van der Waals surface area contributed by atoms with Crippen molar-refractivity contribution in [3.05, 3.63) is 88.0 Å². The molecule has 1 aromatic heterocycles. The number of hydrogen-bond acceptors (Lipinski definition) is 5. The van der Waals surface area contributed by atoms with Gasteiger partial charge in [-0.25, -0.2) is 4.98 Å². The van der Waals surface area contributed by atoms with Gasteiger partial charge >= 0.3 is 0 Å². The molecule has 0 atom stereocenters. The standard InChI is InChI=1S/C18H14N4O4/c1-21-11-10-19-17(21)16(23)12-6-8-13(9-7-12)20-18(24)14-4-2-3-5-15(14)22(25)26/h2-11H,1H3,(H,20,24). The van der Waals surface area contributed by atoms with Gasteiger partial charge in [0.2, 0.25) is 5.78 Å². The molecule has 0 unspecified atom stereocenters. The summed E-state index contributed by atoms with van der Waals surface area (Å²) < 4.78 is 1.62. The summed E-state index contributed by atoms with van der Waals surface area (Å²) in [4.78, 5) is 39.1. The first-order valence-corrected chi connectivity index (χ1v) is 7.64.